The number of carbonyl (C=O) groups excluding carboxylic acids is 1. The van der Waals surface area contributed by atoms with Crippen molar-refractivity contribution < 1.29 is 9.53 Å². The third kappa shape index (κ3) is 3.02. The first-order valence-electron chi connectivity index (χ1n) is 10.2. The summed E-state index contributed by atoms with van der Waals surface area (Å²) in [6, 6.07) is 18.0. The van der Waals surface area contributed by atoms with Gasteiger partial charge in [0.1, 0.15) is 5.69 Å². The van der Waals surface area contributed by atoms with E-state index in [1.165, 1.54) is 0 Å². The van der Waals surface area contributed by atoms with E-state index in [0.29, 0.717) is 11.3 Å². The highest BCUT2D eigenvalue weighted by molar-refractivity contribution is 5.95. The number of rotatable bonds is 5. The molecule has 1 unspecified atom stereocenters. The maximum absolute atomic E-state index is 12.9. The van der Waals surface area contributed by atoms with Gasteiger partial charge < -0.3 is 14.5 Å². The number of carbonyl (C=O) groups is 1. The molecular formula is C25H27N3O2. The van der Waals surface area contributed by atoms with E-state index in [2.05, 4.69) is 35.0 Å². The maximum Gasteiger partial charge on any atom is 0.341 e. The van der Waals surface area contributed by atoms with Gasteiger partial charge in [-0.25, -0.2) is 4.79 Å². The van der Waals surface area contributed by atoms with Crippen molar-refractivity contribution in [1.82, 2.24) is 4.98 Å². The van der Waals surface area contributed by atoms with Crippen molar-refractivity contribution in [3.05, 3.63) is 88.7 Å². The number of benzene rings is 2. The van der Waals surface area contributed by atoms with Crippen LogP contribution >= 0.6 is 0 Å². The summed E-state index contributed by atoms with van der Waals surface area (Å²) in [7, 11) is 8.06. The minimum atomic E-state index is -1.06. The molecule has 0 fully saturated rings. The summed E-state index contributed by atoms with van der Waals surface area (Å²) in [5.41, 5.74) is 5.29. The molecule has 1 atom stereocenters. The molecule has 0 spiro atoms. The number of ether oxygens (including phenoxy) is 1. The molecule has 0 saturated carbocycles. The lowest BCUT2D eigenvalue weighted by Crippen LogP contribution is -2.32. The molecule has 0 aliphatic carbocycles. The van der Waals surface area contributed by atoms with Crippen molar-refractivity contribution in [2.75, 3.05) is 38.0 Å². The summed E-state index contributed by atoms with van der Waals surface area (Å²) in [5.74, 6) is -0.339. The SMILES string of the molecule is CCc1cc(N(C)C)ccc1C1(c2ccc(N(C)C)cc2)OC(=O)c2cccnc21. The van der Waals surface area contributed by atoms with Crippen LogP contribution in [0.15, 0.2) is 60.8 Å². The average molecular weight is 402 g/mol. The van der Waals surface area contributed by atoms with Crippen LogP contribution in [0.5, 0.6) is 0 Å². The van der Waals surface area contributed by atoms with Crippen LogP contribution < -0.4 is 9.80 Å². The topological polar surface area (TPSA) is 45.7 Å². The van der Waals surface area contributed by atoms with Crippen LogP contribution in [-0.4, -0.2) is 39.1 Å². The molecule has 1 aliphatic heterocycles. The van der Waals surface area contributed by atoms with Crippen LogP contribution in [0.4, 0.5) is 11.4 Å². The smallest absolute Gasteiger partial charge is 0.341 e. The minimum Gasteiger partial charge on any atom is -0.439 e. The second kappa shape index (κ2) is 7.48. The van der Waals surface area contributed by atoms with Crippen LogP contribution in [0.3, 0.4) is 0 Å². The first-order chi connectivity index (χ1) is 14.4. The van der Waals surface area contributed by atoms with Gasteiger partial charge in [0.05, 0.1) is 5.56 Å². The van der Waals surface area contributed by atoms with Gasteiger partial charge in [-0.3, -0.25) is 4.98 Å². The van der Waals surface area contributed by atoms with E-state index in [-0.39, 0.29) is 5.97 Å². The zero-order chi connectivity index (χ0) is 21.5. The largest absolute Gasteiger partial charge is 0.439 e. The highest BCUT2D eigenvalue weighted by Gasteiger charge is 2.50. The Morgan fingerprint density at radius 3 is 2.23 bits per heavy atom. The number of esters is 1. The minimum absolute atomic E-state index is 0.339. The van der Waals surface area contributed by atoms with E-state index in [0.717, 1.165) is 34.5 Å². The van der Waals surface area contributed by atoms with Gasteiger partial charge in [0.15, 0.2) is 0 Å². The summed E-state index contributed by atoms with van der Waals surface area (Å²) in [6.07, 6.45) is 2.54. The number of hydrogen-bond donors (Lipinski definition) is 0. The number of nitrogens with zero attached hydrogens (tertiary/aromatic N) is 3. The Kier molecular flexibility index (Phi) is 4.98. The van der Waals surface area contributed by atoms with E-state index >= 15 is 0 Å². The molecule has 1 aliphatic rings. The van der Waals surface area contributed by atoms with Gasteiger partial charge in [0.2, 0.25) is 5.60 Å². The summed E-state index contributed by atoms with van der Waals surface area (Å²) in [6.45, 7) is 2.12. The summed E-state index contributed by atoms with van der Waals surface area (Å²) in [5, 5.41) is 0. The van der Waals surface area contributed by atoms with Crippen molar-refractivity contribution in [3.63, 3.8) is 0 Å². The molecule has 5 nitrogen and oxygen atoms in total. The lowest BCUT2D eigenvalue weighted by Gasteiger charge is -2.32. The summed E-state index contributed by atoms with van der Waals surface area (Å²) in [4.78, 5) is 21.7. The Morgan fingerprint density at radius 1 is 0.933 bits per heavy atom. The fourth-order valence-electron chi connectivity index (χ4n) is 4.12. The van der Waals surface area contributed by atoms with Crippen LogP contribution in [0.2, 0.25) is 0 Å². The lowest BCUT2D eigenvalue weighted by atomic mass is 9.79. The number of cyclic esters (lactones) is 1. The zero-order valence-corrected chi connectivity index (χ0v) is 18.1. The Hall–Kier alpha value is -3.34. The molecule has 0 bridgehead atoms. The highest BCUT2D eigenvalue weighted by atomic mass is 16.6. The molecule has 5 heteroatoms. The maximum atomic E-state index is 12.9. The number of aromatic nitrogens is 1. The van der Waals surface area contributed by atoms with Gasteiger partial charge in [-0.1, -0.05) is 25.1 Å². The van der Waals surface area contributed by atoms with Gasteiger partial charge in [-0.2, -0.15) is 0 Å². The Morgan fingerprint density at radius 2 is 1.60 bits per heavy atom. The lowest BCUT2D eigenvalue weighted by molar-refractivity contribution is 0.0241. The first kappa shape index (κ1) is 20.0. The Labute approximate surface area is 177 Å². The number of pyridine rings is 1. The van der Waals surface area contributed by atoms with Gasteiger partial charge >= 0.3 is 5.97 Å². The van der Waals surface area contributed by atoms with E-state index < -0.39 is 5.60 Å². The number of hydrogen-bond acceptors (Lipinski definition) is 5. The van der Waals surface area contributed by atoms with E-state index in [4.69, 9.17) is 4.74 Å². The molecule has 0 amide bonds. The van der Waals surface area contributed by atoms with Crippen molar-refractivity contribution in [3.8, 4) is 0 Å². The monoisotopic (exact) mass is 401 g/mol. The van der Waals surface area contributed by atoms with Crippen molar-refractivity contribution in [2.45, 2.75) is 18.9 Å². The first-order valence-corrected chi connectivity index (χ1v) is 10.2. The van der Waals surface area contributed by atoms with Gasteiger partial charge in [-0.05, 0) is 48.4 Å². The molecule has 0 radical (unpaired) electrons. The number of fused-ring (bicyclic) bond motifs is 1. The predicted octanol–water partition coefficient (Wildman–Crippen LogP) is 4.24. The zero-order valence-electron chi connectivity index (χ0n) is 18.1. The second-order valence-electron chi connectivity index (χ2n) is 8.00. The standard InChI is InChI=1S/C25H27N3O2/c1-6-17-16-20(28(4)5)13-14-22(17)25(18-9-11-19(12-10-18)27(2)3)23-21(24(29)30-25)8-7-15-26-23/h7-16H,6H2,1-5H3. The molecule has 3 aromatic rings. The molecule has 30 heavy (non-hydrogen) atoms. The molecule has 4 rings (SSSR count). The van der Waals surface area contributed by atoms with E-state index in [9.17, 15) is 4.79 Å². The summed E-state index contributed by atoms with van der Waals surface area (Å²) >= 11 is 0. The predicted molar refractivity (Wildman–Crippen MR) is 120 cm³/mol. The second-order valence-corrected chi connectivity index (χ2v) is 8.00. The molecule has 0 N–H and O–H groups in total. The van der Waals surface area contributed by atoms with Crippen LogP contribution in [0.25, 0.3) is 0 Å². The van der Waals surface area contributed by atoms with Gasteiger partial charge in [0.25, 0.3) is 0 Å². The molecule has 1 aromatic heterocycles. The molecule has 154 valence electrons. The Bertz CT molecular complexity index is 1090. The third-order valence-electron chi connectivity index (χ3n) is 5.76. The fraction of sp³-hybridized carbons (Fsp3) is 0.280. The normalized spacial score (nSPS) is 17.4. The van der Waals surface area contributed by atoms with Crippen molar-refractivity contribution in [1.29, 1.82) is 0 Å². The quantitative estimate of drug-likeness (QED) is 0.599. The van der Waals surface area contributed by atoms with E-state index in [1.54, 1.807) is 18.3 Å². The fourth-order valence-corrected chi connectivity index (χ4v) is 4.12. The van der Waals surface area contributed by atoms with Crippen molar-refractivity contribution >= 4 is 17.3 Å². The average Bonchev–Trinajstić information content (AvgIpc) is 3.07. The Balaban J connectivity index is 2.01. The van der Waals surface area contributed by atoms with Crippen LogP contribution in [0.1, 0.15) is 39.7 Å². The molecule has 0 saturated heterocycles. The third-order valence-corrected chi connectivity index (χ3v) is 5.76. The number of anilines is 2. The summed E-state index contributed by atoms with van der Waals surface area (Å²) < 4.78 is 6.21. The highest BCUT2D eigenvalue weighted by Crippen LogP contribution is 2.47. The van der Waals surface area contributed by atoms with Gasteiger partial charge in [0, 0.05) is 56.9 Å². The molecule has 2 aromatic carbocycles. The van der Waals surface area contributed by atoms with Crippen LogP contribution in [0, 0.1) is 0 Å². The van der Waals surface area contributed by atoms with E-state index in [1.807, 2.05) is 57.4 Å². The molecular weight excluding hydrogens is 374 g/mol. The van der Waals surface area contributed by atoms with Gasteiger partial charge in [-0.15, -0.1) is 0 Å². The molecule has 2 heterocycles. The van der Waals surface area contributed by atoms with Crippen molar-refractivity contribution in [2.24, 2.45) is 0 Å². The number of aryl methyl sites for hydroxylation is 1. The van der Waals surface area contributed by atoms with Crippen LogP contribution in [-0.2, 0) is 16.8 Å².